The van der Waals surface area contributed by atoms with Crippen molar-refractivity contribution in [3.63, 3.8) is 0 Å². The van der Waals surface area contributed by atoms with E-state index in [1.165, 1.54) is 10.9 Å². The number of hydrogen-bond donors (Lipinski definition) is 0. The molecule has 0 atom stereocenters. The highest BCUT2D eigenvalue weighted by Gasteiger charge is 2.00. The van der Waals surface area contributed by atoms with Crippen LogP contribution in [0.25, 0.3) is 10.9 Å². The molecule has 0 bridgehead atoms. The second kappa shape index (κ2) is 2.65. The highest BCUT2D eigenvalue weighted by molar-refractivity contribution is 5.79. The SMILES string of the molecule is Cc1ncnc2cn(C)c(=O)cc12. The van der Waals surface area contributed by atoms with E-state index in [2.05, 4.69) is 9.97 Å². The van der Waals surface area contributed by atoms with Crippen molar-refractivity contribution in [2.75, 3.05) is 0 Å². The van der Waals surface area contributed by atoms with Gasteiger partial charge in [0.25, 0.3) is 5.56 Å². The number of hydrogen-bond acceptors (Lipinski definition) is 3. The molecule has 13 heavy (non-hydrogen) atoms. The molecule has 4 nitrogen and oxygen atoms in total. The molecule has 0 saturated carbocycles. The van der Waals surface area contributed by atoms with Crippen molar-refractivity contribution < 1.29 is 0 Å². The fourth-order valence-corrected chi connectivity index (χ4v) is 1.26. The summed E-state index contributed by atoms with van der Waals surface area (Å²) in [6.07, 6.45) is 3.22. The number of nitrogens with zero attached hydrogens (tertiary/aromatic N) is 3. The summed E-state index contributed by atoms with van der Waals surface area (Å²) in [7, 11) is 1.71. The van der Waals surface area contributed by atoms with Gasteiger partial charge in [0.2, 0.25) is 0 Å². The molecule has 0 fully saturated rings. The molecule has 2 aromatic rings. The van der Waals surface area contributed by atoms with Crippen molar-refractivity contribution in [1.82, 2.24) is 14.5 Å². The second-order valence-corrected chi connectivity index (χ2v) is 2.98. The molecule has 0 spiro atoms. The van der Waals surface area contributed by atoms with E-state index in [9.17, 15) is 4.79 Å². The summed E-state index contributed by atoms with van der Waals surface area (Å²) in [4.78, 5) is 19.4. The molecule has 0 aliphatic heterocycles. The fourth-order valence-electron chi connectivity index (χ4n) is 1.26. The number of aromatic nitrogens is 3. The van der Waals surface area contributed by atoms with Gasteiger partial charge in [-0.3, -0.25) is 4.79 Å². The van der Waals surface area contributed by atoms with E-state index in [1.807, 2.05) is 6.92 Å². The molecule has 2 heterocycles. The van der Waals surface area contributed by atoms with Crippen molar-refractivity contribution >= 4 is 10.9 Å². The molecule has 4 heteroatoms. The van der Waals surface area contributed by atoms with E-state index >= 15 is 0 Å². The Kier molecular flexibility index (Phi) is 1.62. The smallest absolute Gasteiger partial charge is 0.251 e. The minimum Gasteiger partial charge on any atom is -0.316 e. The molecule has 0 aromatic carbocycles. The molecule has 0 aliphatic rings. The zero-order valence-corrected chi connectivity index (χ0v) is 7.48. The van der Waals surface area contributed by atoms with Crippen LogP contribution in [0.4, 0.5) is 0 Å². The van der Waals surface area contributed by atoms with Crippen LogP contribution in [0.3, 0.4) is 0 Å². The van der Waals surface area contributed by atoms with Gasteiger partial charge < -0.3 is 4.57 Å². The quantitative estimate of drug-likeness (QED) is 0.590. The second-order valence-electron chi connectivity index (χ2n) is 2.98. The van der Waals surface area contributed by atoms with E-state index in [0.717, 1.165) is 16.6 Å². The van der Waals surface area contributed by atoms with Gasteiger partial charge in [0.15, 0.2) is 0 Å². The van der Waals surface area contributed by atoms with E-state index < -0.39 is 0 Å². The summed E-state index contributed by atoms with van der Waals surface area (Å²) in [6.45, 7) is 1.86. The largest absolute Gasteiger partial charge is 0.316 e. The zero-order valence-electron chi connectivity index (χ0n) is 7.48. The normalized spacial score (nSPS) is 10.6. The lowest BCUT2D eigenvalue weighted by Crippen LogP contribution is -2.14. The van der Waals surface area contributed by atoms with Gasteiger partial charge in [0.05, 0.1) is 5.52 Å². The van der Waals surface area contributed by atoms with Crippen LogP contribution in [-0.4, -0.2) is 14.5 Å². The third-order valence-electron chi connectivity index (χ3n) is 2.05. The van der Waals surface area contributed by atoms with Crippen LogP contribution in [0.2, 0.25) is 0 Å². The fraction of sp³-hybridized carbons (Fsp3) is 0.222. The van der Waals surface area contributed by atoms with Crippen LogP contribution in [0, 0.1) is 6.92 Å². The summed E-state index contributed by atoms with van der Waals surface area (Å²) in [5, 5.41) is 0.825. The van der Waals surface area contributed by atoms with Gasteiger partial charge in [0, 0.05) is 30.4 Å². The van der Waals surface area contributed by atoms with Crippen molar-refractivity contribution in [3.8, 4) is 0 Å². The predicted molar refractivity (Wildman–Crippen MR) is 49.5 cm³/mol. The van der Waals surface area contributed by atoms with Crippen molar-refractivity contribution in [2.24, 2.45) is 7.05 Å². The van der Waals surface area contributed by atoms with Gasteiger partial charge in [-0.1, -0.05) is 0 Å². The minimum atomic E-state index is -0.0367. The number of rotatable bonds is 0. The molecule has 0 radical (unpaired) electrons. The van der Waals surface area contributed by atoms with Crippen LogP contribution in [0.15, 0.2) is 23.4 Å². The molecule has 0 N–H and O–H groups in total. The topological polar surface area (TPSA) is 47.8 Å². The van der Waals surface area contributed by atoms with E-state index in [-0.39, 0.29) is 5.56 Å². The lowest BCUT2D eigenvalue weighted by atomic mass is 10.2. The maximum Gasteiger partial charge on any atom is 0.251 e. The standard InChI is InChI=1S/C9H9N3O/c1-6-7-3-9(13)12(2)4-8(7)11-5-10-6/h3-5H,1-2H3. The first-order chi connectivity index (χ1) is 6.18. The molecular weight excluding hydrogens is 166 g/mol. The molecule has 0 aliphatic carbocycles. The first kappa shape index (κ1) is 7.91. The van der Waals surface area contributed by atoms with Gasteiger partial charge in [-0.05, 0) is 6.92 Å². The van der Waals surface area contributed by atoms with Crippen molar-refractivity contribution in [1.29, 1.82) is 0 Å². The number of fused-ring (bicyclic) bond motifs is 1. The number of pyridine rings is 1. The van der Waals surface area contributed by atoms with Gasteiger partial charge in [-0.15, -0.1) is 0 Å². The summed E-state index contributed by atoms with van der Waals surface area (Å²) in [5.74, 6) is 0. The lowest BCUT2D eigenvalue weighted by Gasteiger charge is -2.01. The van der Waals surface area contributed by atoms with E-state index in [1.54, 1.807) is 19.3 Å². The van der Waals surface area contributed by atoms with Gasteiger partial charge >= 0.3 is 0 Å². The van der Waals surface area contributed by atoms with Crippen molar-refractivity contribution in [2.45, 2.75) is 6.92 Å². The maximum absolute atomic E-state index is 11.3. The monoisotopic (exact) mass is 175 g/mol. The Bertz CT molecular complexity index is 516. The molecule has 0 amide bonds. The average Bonchev–Trinajstić information content (AvgIpc) is 2.09. The van der Waals surface area contributed by atoms with Gasteiger partial charge in [0.1, 0.15) is 6.33 Å². The molecule has 2 aromatic heterocycles. The Labute approximate surface area is 74.9 Å². The minimum absolute atomic E-state index is 0.0367. The van der Waals surface area contributed by atoms with Gasteiger partial charge in [-0.25, -0.2) is 9.97 Å². The average molecular weight is 175 g/mol. The Hall–Kier alpha value is -1.71. The molecule has 2 rings (SSSR count). The third kappa shape index (κ3) is 1.20. The van der Waals surface area contributed by atoms with Crippen LogP contribution in [-0.2, 0) is 7.05 Å². The maximum atomic E-state index is 11.3. The Morgan fingerprint density at radius 3 is 2.92 bits per heavy atom. The first-order valence-corrected chi connectivity index (χ1v) is 3.96. The molecule has 0 unspecified atom stereocenters. The number of aryl methyl sites for hydroxylation is 2. The molecule has 66 valence electrons. The Balaban J connectivity index is 2.97. The van der Waals surface area contributed by atoms with Crippen LogP contribution >= 0.6 is 0 Å². The predicted octanol–water partition coefficient (Wildman–Crippen LogP) is 0.637. The first-order valence-electron chi connectivity index (χ1n) is 3.96. The lowest BCUT2D eigenvalue weighted by molar-refractivity contribution is 0.865. The van der Waals surface area contributed by atoms with Crippen molar-refractivity contribution in [3.05, 3.63) is 34.6 Å². The van der Waals surface area contributed by atoms with Crippen LogP contribution in [0.5, 0.6) is 0 Å². The highest BCUT2D eigenvalue weighted by atomic mass is 16.1. The van der Waals surface area contributed by atoms with E-state index in [0.29, 0.717) is 0 Å². The highest BCUT2D eigenvalue weighted by Crippen LogP contribution is 2.09. The summed E-state index contributed by atoms with van der Waals surface area (Å²) in [5.41, 5.74) is 1.60. The summed E-state index contributed by atoms with van der Waals surface area (Å²) < 4.78 is 1.51. The van der Waals surface area contributed by atoms with Gasteiger partial charge in [-0.2, -0.15) is 0 Å². The summed E-state index contributed by atoms with van der Waals surface area (Å²) >= 11 is 0. The Morgan fingerprint density at radius 2 is 2.15 bits per heavy atom. The third-order valence-corrected chi connectivity index (χ3v) is 2.05. The molecule has 0 saturated heterocycles. The Morgan fingerprint density at radius 1 is 1.38 bits per heavy atom. The van der Waals surface area contributed by atoms with E-state index in [4.69, 9.17) is 0 Å². The summed E-state index contributed by atoms with van der Waals surface area (Å²) in [6, 6.07) is 1.56. The zero-order chi connectivity index (χ0) is 9.42. The van der Waals surface area contributed by atoms with Crippen LogP contribution < -0.4 is 5.56 Å². The molecular formula is C9H9N3O. The van der Waals surface area contributed by atoms with Crippen LogP contribution in [0.1, 0.15) is 5.69 Å².